The molecule has 1 N–H and O–H groups in total. The van der Waals surface area contributed by atoms with Gasteiger partial charge in [-0.2, -0.15) is 4.98 Å². The van der Waals surface area contributed by atoms with Crippen LogP contribution in [-0.2, 0) is 4.74 Å². The number of nitrogens with one attached hydrogen (secondary N) is 1. The molecular weight excluding hydrogens is 297 g/mol. The average Bonchev–Trinajstić information content (AvgIpc) is 2.08. The SMILES string of the molecule is CC(C)(C)OC(=O)Nc1ncc(Br)c(Cl)n1. The molecule has 0 spiro atoms. The third-order valence-electron chi connectivity index (χ3n) is 1.31. The average molecular weight is 309 g/mol. The van der Waals surface area contributed by atoms with Gasteiger partial charge in [0.1, 0.15) is 10.8 Å². The fourth-order valence-electron chi connectivity index (χ4n) is 0.801. The van der Waals surface area contributed by atoms with Crippen LogP contribution in [0.4, 0.5) is 10.7 Å². The summed E-state index contributed by atoms with van der Waals surface area (Å²) in [6.45, 7) is 5.30. The number of amides is 1. The van der Waals surface area contributed by atoms with Gasteiger partial charge >= 0.3 is 6.09 Å². The Morgan fingerprint density at radius 3 is 2.69 bits per heavy atom. The van der Waals surface area contributed by atoms with Crippen LogP contribution in [0.15, 0.2) is 10.7 Å². The first-order valence-electron chi connectivity index (χ1n) is 4.46. The van der Waals surface area contributed by atoms with Crippen molar-refractivity contribution >= 4 is 39.6 Å². The lowest BCUT2D eigenvalue weighted by Crippen LogP contribution is -2.27. The zero-order valence-electron chi connectivity index (χ0n) is 9.04. The molecule has 1 heterocycles. The number of halogens is 2. The summed E-state index contributed by atoms with van der Waals surface area (Å²) in [6, 6.07) is 0. The molecule has 1 aromatic heterocycles. The number of rotatable bonds is 1. The van der Waals surface area contributed by atoms with E-state index in [4.69, 9.17) is 16.3 Å². The number of nitrogens with zero attached hydrogens (tertiary/aromatic N) is 2. The van der Waals surface area contributed by atoms with Crippen molar-refractivity contribution in [1.29, 1.82) is 0 Å². The van der Waals surface area contributed by atoms with Gasteiger partial charge in [-0.05, 0) is 36.7 Å². The summed E-state index contributed by atoms with van der Waals surface area (Å²) in [5.41, 5.74) is -0.566. The van der Waals surface area contributed by atoms with E-state index < -0.39 is 11.7 Å². The number of ether oxygens (including phenoxy) is 1. The minimum absolute atomic E-state index is 0.0995. The lowest BCUT2D eigenvalue weighted by atomic mass is 10.2. The predicted octanol–water partition coefficient (Wildman–Crippen LogP) is 3.24. The van der Waals surface area contributed by atoms with E-state index >= 15 is 0 Å². The van der Waals surface area contributed by atoms with Gasteiger partial charge < -0.3 is 4.74 Å². The fraction of sp³-hybridized carbons (Fsp3) is 0.444. The summed E-state index contributed by atoms with van der Waals surface area (Å²) < 4.78 is 5.59. The monoisotopic (exact) mass is 307 g/mol. The summed E-state index contributed by atoms with van der Waals surface area (Å²) in [6.07, 6.45) is 0.827. The highest BCUT2D eigenvalue weighted by atomic mass is 79.9. The normalized spacial score (nSPS) is 11.1. The Labute approximate surface area is 107 Å². The zero-order valence-corrected chi connectivity index (χ0v) is 11.4. The van der Waals surface area contributed by atoms with Crippen molar-refractivity contribution in [3.8, 4) is 0 Å². The van der Waals surface area contributed by atoms with Gasteiger partial charge in [-0.25, -0.2) is 9.78 Å². The molecule has 1 amide bonds. The second-order valence-corrected chi connectivity index (χ2v) is 5.17. The van der Waals surface area contributed by atoms with E-state index in [-0.39, 0.29) is 11.1 Å². The summed E-state index contributed by atoms with van der Waals surface area (Å²) in [5.74, 6) is 0.0995. The van der Waals surface area contributed by atoms with Crippen molar-refractivity contribution in [2.45, 2.75) is 26.4 Å². The molecule has 0 saturated heterocycles. The zero-order chi connectivity index (χ0) is 12.3. The van der Waals surface area contributed by atoms with Gasteiger partial charge in [-0.3, -0.25) is 5.32 Å². The van der Waals surface area contributed by atoms with E-state index in [1.807, 2.05) is 0 Å². The first-order valence-corrected chi connectivity index (χ1v) is 5.63. The van der Waals surface area contributed by atoms with Crippen LogP contribution < -0.4 is 5.32 Å². The molecule has 0 aliphatic heterocycles. The number of hydrogen-bond acceptors (Lipinski definition) is 4. The number of carbonyl (C=O) groups excluding carboxylic acids is 1. The van der Waals surface area contributed by atoms with Crippen molar-refractivity contribution in [3.05, 3.63) is 15.8 Å². The molecule has 0 aliphatic carbocycles. The minimum atomic E-state index is -0.620. The fourth-order valence-corrected chi connectivity index (χ4v) is 1.12. The second-order valence-electron chi connectivity index (χ2n) is 3.96. The van der Waals surface area contributed by atoms with E-state index in [1.54, 1.807) is 20.8 Å². The Morgan fingerprint density at radius 2 is 2.19 bits per heavy atom. The Hall–Kier alpha value is -0.880. The van der Waals surface area contributed by atoms with Crippen molar-refractivity contribution in [3.63, 3.8) is 0 Å². The van der Waals surface area contributed by atoms with E-state index in [2.05, 4.69) is 31.2 Å². The predicted molar refractivity (Wildman–Crippen MR) is 64.6 cm³/mol. The lowest BCUT2D eigenvalue weighted by Gasteiger charge is -2.19. The Morgan fingerprint density at radius 1 is 1.56 bits per heavy atom. The molecule has 0 unspecified atom stereocenters. The maximum Gasteiger partial charge on any atom is 0.414 e. The number of carbonyl (C=O) groups is 1. The van der Waals surface area contributed by atoms with Crippen LogP contribution in [0.5, 0.6) is 0 Å². The number of aromatic nitrogens is 2. The molecule has 5 nitrogen and oxygen atoms in total. The van der Waals surface area contributed by atoms with Crippen LogP contribution in [0.3, 0.4) is 0 Å². The summed E-state index contributed by atoms with van der Waals surface area (Å²) in [4.78, 5) is 19.0. The smallest absolute Gasteiger partial charge is 0.414 e. The van der Waals surface area contributed by atoms with Gasteiger partial charge in [0.05, 0.1) is 4.47 Å². The molecule has 88 valence electrons. The summed E-state index contributed by atoms with van der Waals surface area (Å²) in [5, 5.41) is 2.60. The number of anilines is 1. The second kappa shape index (κ2) is 4.97. The van der Waals surface area contributed by atoms with Crippen LogP contribution >= 0.6 is 27.5 Å². The summed E-state index contributed by atoms with van der Waals surface area (Å²) in [7, 11) is 0. The maximum atomic E-state index is 11.4. The van der Waals surface area contributed by atoms with Gasteiger partial charge in [-0.15, -0.1) is 0 Å². The standard InChI is InChI=1S/C9H11BrClN3O2/c1-9(2,3)16-8(15)14-7-12-4-5(10)6(11)13-7/h4H,1-3H3,(H,12,13,14,15). The van der Waals surface area contributed by atoms with Crippen molar-refractivity contribution in [2.24, 2.45) is 0 Å². The van der Waals surface area contributed by atoms with Gasteiger partial charge in [0.2, 0.25) is 5.95 Å². The molecular formula is C9H11BrClN3O2. The highest BCUT2D eigenvalue weighted by Crippen LogP contribution is 2.19. The van der Waals surface area contributed by atoms with Crippen LogP contribution in [0.25, 0.3) is 0 Å². The van der Waals surface area contributed by atoms with Crippen LogP contribution in [0.1, 0.15) is 20.8 Å². The largest absolute Gasteiger partial charge is 0.444 e. The third-order valence-corrected chi connectivity index (χ3v) is 2.41. The lowest BCUT2D eigenvalue weighted by molar-refractivity contribution is 0.0634. The highest BCUT2D eigenvalue weighted by molar-refractivity contribution is 9.10. The molecule has 0 fully saturated rings. The van der Waals surface area contributed by atoms with Crippen molar-refractivity contribution in [2.75, 3.05) is 5.32 Å². The van der Waals surface area contributed by atoms with Gasteiger partial charge in [0, 0.05) is 6.20 Å². The van der Waals surface area contributed by atoms with Crippen LogP contribution in [-0.4, -0.2) is 21.7 Å². The van der Waals surface area contributed by atoms with Crippen LogP contribution in [0, 0.1) is 0 Å². The molecule has 0 saturated carbocycles. The molecule has 16 heavy (non-hydrogen) atoms. The van der Waals surface area contributed by atoms with E-state index in [9.17, 15) is 4.79 Å². The van der Waals surface area contributed by atoms with E-state index in [1.165, 1.54) is 6.20 Å². The first kappa shape index (κ1) is 13.2. The quantitative estimate of drug-likeness (QED) is 0.809. The van der Waals surface area contributed by atoms with Crippen molar-refractivity contribution in [1.82, 2.24) is 9.97 Å². The third kappa shape index (κ3) is 4.32. The maximum absolute atomic E-state index is 11.4. The molecule has 0 aromatic carbocycles. The minimum Gasteiger partial charge on any atom is -0.444 e. The molecule has 1 rings (SSSR count). The molecule has 0 atom stereocenters. The Kier molecular flexibility index (Phi) is 4.09. The van der Waals surface area contributed by atoms with Crippen LogP contribution in [0.2, 0.25) is 5.15 Å². The first-order chi connectivity index (χ1) is 7.28. The van der Waals surface area contributed by atoms with Gasteiger partial charge in [-0.1, -0.05) is 11.6 Å². The van der Waals surface area contributed by atoms with Crippen molar-refractivity contribution < 1.29 is 9.53 Å². The number of hydrogen-bond donors (Lipinski definition) is 1. The molecule has 1 aromatic rings. The Balaban J connectivity index is 2.67. The van der Waals surface area contributed by atoms with Gasteiger partial charge in [0.15, 0.2) is 0 Å². The molecule has 0 aliphatic rings. The topological polar surface area (TPSA) is 64.1 Å². The van der Waals surface area contributed by atoms with E-state index in [0.29, 0.717) is 4.47 Å². The molecule has 0 radical (unpaired) electrons. The Bertz CT molecular complexity index is 406. The molecule has 0 bridgehead atoms. The highest BCUT2D eigenvalue weighted by Gasteiger charge is 2.17. The summed E-state index contributed by atoms with van der Waals surface area (Å²) >= 11 is 8.88. The van der Waals surface area contributed by atoms with Gasteiger partial charge in [0.25, 0.3) is 0 Å². The van der Waals surface area contributed by atoms with E-state index in [0.717, 1.165) is 0 Å². The molecule has 7 heteroatoms.